The largest absolute Gasteiger partial charge is 0.359 e. The lowest BCUT2D eigenvalue weighted by atomic mass is 9.95. The maximum absolute atomic E-state index is 4.94. The van der Waals surface area contributed by atoms with Crippen LogP contribution in [0.1, 0.15) is 33.6 Å². The van der Waals surface area contributed by atoms with Gasteiger partial charge in [-0.1, -0.05) is 25.6 Å². The standard InChI is InChI=1S/C13H25N3S/c1-5-13(3)9-17-12(15-13)14-11-6-7-16(4)8-10(11)2/h10-11H,5-9H2,1-4H3,(H,14,15). The zero-order valence-corrected chi connectivity index (χ0v) is 12.3. The number of aliphatic imine (C=N–C) groups is 1. The second-order valence-electron chi connectivity index (χ2n) is 5.86. The van der Waals surface area contributed by atoms with Gasteiger partial charge in [0.2, 0.25) is 0 Å². The van der Waals surface area contributed by atoms with Crippen molar-refractivity contribution in [3.05, 3.63) is 0 Å². The summed E-state index contributed by atoms with van der Waals surface area (Å²) in [5.41, 5.74) is 0.262. The molecule has 2 fully saturated rings. The average molecular weight is 255 g/mol. The van der Waals surface area contributed by atoms with Crippen LogP contribution in [0.2, 0.25) is 0 Å². The molecule has 0 amide bonds. The Bertz CT molecular complexity index is 305. The molecule has 1 N–H and O–H groups in total. The van der Waals surface area contributed by atoms with Crippen LogP contribution in [0.15, 0.2) is 4.99 Å². The maximum atomic E-state index is 4.94. The summed E-state index contributed by atoms with van der Waals surface area (Å²) in [5, 5.41) is 4.77. The van der Waals surface area contributed by atoms with Gasteiger partial charge in [0.15, 0.2) is 5.17 Å². The summed E-state index contributed by atoms with van der Waals surface area (Å²) in [4.78, 5) is 7.35. The molecule has 0 saturated carbocycles. The highest BCUT2D eigenvalue weighted by molar-refractivity contribution is 8.14. The van der Waals surface area contributed by atoms with Crippen molar-refractivity contribution in [1.82, 2.24) is 10.2 Å². The third-order valence-electron chi connectivity index (χ3n) is 4.06. The van der Waals surface area contributed by atoms with Crippen molar-refractivity contribution in [2.24, 2.45) is 10.9 Å². The molecule has 0 radical (unpaired) electrons. The molecule has 4 heteroatoms. The number of hydrogen-bond donors (Lipinski definition) is 1. The number of hydrogen-bond acceptors (Lipinski definition) is 3. The molecule has 0 aromatic heterocycles. The van der Waals surface area contributed by atoms with Crippen LogP contribution in [-0.4, -0.2) is 47.5 Å². The van der Waals surface area contributed by atoms with Crippen LogP contribution in [0.3, 0.4) is 0 Å². The molecule has 17 heavy (non-hydrogen) atoms. The number of piperidine rings is 1. The summed E-state index contributed by atoms with van der Waals surface area (Å²) >= 11 is 1.90. The summed E-state index contributed by atoms with van der Waals surface area (Å²) < 4.78 is 0. The molecule has 2 saturated heterocycles. The molecule has 3 atom stereocenters. The fraction of sp³-hybridized carbons (Fsp3) is 0.923. The fourth-order valence-corrected chi connectivity index (χ4v) is 3.76. The van der Waals surface area contributed by atoms with Crippen molar-refractivity contribution >= 4 is 16.9 Å². The van der Waals surface area contributed by atoms with Gasteiger partial charge in [-0.3, -0.25) is 4.99 Å². The topological polar surface area (TPSA) is 27.6 Å². The fourth-order valence-electron chi connectivity index (χ4n) is 2.50. The van der Waals surface area contributed by atoms with E-state index >= 15 is 0 Å². The smallest absolute Gasteiger partial charge is 0.157 e. The van der Waals surface area contributed by atoms with Gasteiger partial charge in [-0.05, 0) is 39.3 Å². The second kappa shape index (κ2) is 5.19. The van der Waals surface area contributed by atoms with Crippen molar-refractivity contribution in [3.8, 4) is 0 Å². The zero-order chi connectivity index (χ0) is 12.5. The molecule has 2 aliphatic heterocycles. The minimum absolute atomic E-state index is 0.262. The minimum atomic E-state index is 0.262. The molecule has 0 bridgehead atoms. The first-order valence-corrected chi connectivity index (χ1v) is 7.68. The molecule has 2 heterocycles. The number of nitrogens with zero attached hydrogens (tertiary/aromatic N) is 2. The molecule has 2 aliphatic rings. The predicted molar refractivity (Wildman–Crippen MR) is 76.8 cm³/mol. The van der Waals surface area contributed by atoms with E-state index in [-0.39, 0.29) is 5.54 Å². The summed E-state index contributed by atoms with van der Waals surface area (Å²) in [6.45, 7) is 9.22. The lowest BCUT2D eigenvalue weighted by Gasteiger charge is -2.32. The van der Waals surface area contributed by atoms with Crippen LogP contribution in [0.25, 0.3) is 0 Å². The lowest BCUT2D eigenvalue weighted by molar-refractivity contribution is 0.198. The molecule has 3 nitrogen and oxygen atoms in total. The SMILES string of the molecule is CCC1(C)CSC(=NC2CCN(C)CC2C)N1. The van der Waals surface area contributed by atoms with Crippen LogP contribution < -0.4 is 5.32 Å². The molecular weight excluding hydrogens is 230 g/mol. The van der Waals surface area contributed by atoms with E-state index in [2.05, 4.69) is 38.0 Å². The van der Waals surface area contributed by atoms with E-state index in [1.54, 1.807) is 0 Å². The Morgan fingerprint density at radius 3 is 2.94 bits per heavy atom. The van der Waals surface area contributed by atoms with E-state index in [1.165, 1.54) is 31.1 Å². The minimum Gasteiger partial charge on any atom is -0.359 e. The van der Waals surface area contributed by atoms with Gasteiger partial charge in [0.1, 0.15) is 0 Å². The summed E-state index contributed by atoms with van der Waals surface area (Å²) in [6.07, 6.45) is 2.37. The van der Waals surface area contributed by atoms with Crippen molar-refractivity contribution in [2.75, 3.05) is 25.9 Å². The summed E-state index contributed by atoms with van der Waals surface area (Å²) in [5.74, 6) is 1.83. The predicted octanol–water partition coefficient (Wildman–Crippen LogP) is 2.19. The molecule has 0 aliphatic carbocycles. The average Bonchev–Trinajstić information content (AvgIpc) is 2.66. The van der Waals surface area contributed by atoms with Crippen LogP contribution in [0, 0.1) is 5.92 Å². The van der Waals surface area contributed by atoms with E-state index < -0.39 is 0 Å². The highest BCUT2D eigenvalue weighted by Crippen LogP contribution is 2.27. The molecule has 0 aromatic rings. The summed E-state index contributed by atoms with van der Waals surface area (Å²) in [7, 11) is 2.20. The van der Waals surface area contributed by atoms with Gasteiger partial charge >= 0.3 is 0 Å². The van der Waals surface area contributed by atoms with Crippen LogP contribution in [0.5, 0.6) is 0 Å². The Morgan fingerprint density at radius 2 is 2.35 bits per heavy atom. The first-order valence-electron chi connectivity index (χ1n) is 6.70. The van der Waals surface area contributed by atoms with Gasteiger partial charge in [-0.2, -0.15) is 0 Å². The number of likely N-dealkylation sites (tertiary alicyclic amines) is 1. The van der Waals surface area contributed by atoms with Crippen molar-refractivity contribution in [3.63, 3.8) is 0 Å². The molecular formula is C13H25N3S. The lowest BCUT2D eigenvalue weighted by Crippen LogP contribution is -2.42. The molecule has 0 aromatic carbocycles. The van der Waals surface area contributed by atoms with Crippen molar-refractivity contribution < 1.29 is 0 Å². The van der Waals surface area contributed by atoms with Crippen LogP contribution in [0.4, 0.5) is 0 Å². The van der Waals surface area contributed by atoms with Gasteiger partial charge in [0, 0.05) is 17.8 Å². The molecule has 0 spiro atoms. The Balaban J connectivity index is 1.96. The van der Waals surface area contributed by atoms with Gasteiger partial charge < -0.3 is 10.2 Å². The number of nitrogens with one attached hydrogen (secondary N) is 1. The first-order chi connectivity index (χ1) is 8.02. The Hall–Kier alpha value is -0.220. The monoisotopic (exact) mass is 255 g/mol. The van der Waals surface area contributed by atoms with E-state index in [9.17, 15) is 0 Å². The van der Waals surface area contributed by atoms with E-state index in [0.717, 1.165) is 5.75 Å². The zero-order valence-electron chi connectivity index (χ0n) is 11.5. The quantitative estimate of drug-likeness (QED) is 0.819. The van der Waals surface area contributed by atoms with Crippen molar-refractivity contribution in [2.45, 2.75) is 45.2 Å². The highest BCUT2D eigenvalue weighted by atomic mass is 32.2. The number of rotatable bonds is 2. The highest BCUT2D eigenvalue weighted by Gasteiger charge is 2.32. The molecule has 2 rings (SSSR count). The third-order valence-corrected chi connectivity index (χ3v) is 5.33. The van der Waals surface area contributed by atoms with Gasteiger partial charge in [-0.25, -0.2) is 0 Å². The Morgan fingerprint density at radius 1 is 1.59 bits per heavy atom. The normalized spacial score (nSPS) is 41.8. The first kappa shape index (κ1) is 13.2. The van der Waals surface area contributed by atoms with E-state index in [0.29, 0.717) is 12.0 Å². The molecule has 98 valence electrons. The van der Waals surface area contributed by atoms with Gasteiger partial charge in [-0.15, -0.1) is 0 Å². The maximum Gasteiger partial charge on any atom is 0.157 e. The van der Waals surface area contributed by atoms with Gasteiger partial charge in [0.25, 0.3) is 0 Å². The van der Waals surface area contributed by atoms with Crippen molar-refractivity contribution in [1.29, 1.82) is 0 Å². The van der Waals surface area contributed by atoms with Crippen LogP contribution >= 0.6 is 11.8 Å². The number of thioether (sulfide) groups is 1. The van der Waals surface area contributed by atoms with Crippen LogP contribution in [-0.2, 0) is 0 Å². The molecule has 3 unspecified atom stereocenters. The Labute approximate surface area is 109 Å². The van der Waals surface area contributed by atoms with E-state index in [1.807, 2.05) is 11.8 Å². The number of amidine groups is 1. The Kier molecular flexibility index (Phi) is 4.03. The van der Waals surface area contributed by atoms with E-state index in [4.69, 9.17) is 4.99 Å². The summed E-state index contributed by atoms with van der Waals surface area (Å²) in [6, 6.07) is 0.514. The second-order valence-corrected chi connectivity index (χ2v) is 6.82. The third kappa shape index (κ3) is 3.16. The van der Waals surface area contributed by atoms with Gasteiger partial charge in [0.05, 0.1) is 6.04 Å².